The Morgan fingerprint density at radius 1 is 1.15 bits per heavy atom. The normalized spacial score (nSPS) is 27.3. The van der Waals surface area contributed by atoms with E-state index >= 15 is 0 Å². The van der Waals surface area contributed by atoms with Gasteiger partial charge in [0.1, 0.15) is 6.04 Å². The largest absolute Gasteiger partial charge is 0.480 e. The molecule has 1 amide bonds. The van der Waals surface area contributed by atoms with Gasteiger partial charge in [0.25, 0.3) is 5.92 Å². The number of carbonyl (C=O) groups excluding carboxylic acids is 1. The zero-order chi connectivity index (χ0) is 14.8. The van der Waals surface area contributed by atoms with Crippen LogP contribution in [0.4, 0.5) is 8.78 Å². The molecule has 2 heterocycles. The zero-order valence-corrected chi connectivity index (χ0v) is 11.4. The Morgan fingerprint density at radius 3 is 2.40 bits per heavy atom. The number of aliphatic carboxylic acids is 1. The summed E-state index contributed by atoms with van der Waals surface area (Å²) < 4.78 is 26.1. The summed E-state index contributed by atoms with van der Waals surface area (Å²) in [5.74, 6) is -3.88. The van der Waals surface area contributed by atoms with E-state index in [0.29, 0.717) is 13.0 Å². The molecule has 114 valence electrons. The minimum Gasteiger partial charge on any atom is -0.480 e. The lowest BCUT2D eigenvalue weighted by Gasteiger charge is -2.36. The highest BCUT2D eigenvalue weighted by Gasteiger charge is 2.36. The Labute approximate surface area is 116 Å². The van der Waals surface area contributed by atoms with E-state index in [2.05, 4.69) is 0 Å². The molecule has 1 N–H and O–H groups in total. The number of hydrogen-bond acceptors (Lipinski definition) is 3. The monoisotopic (exact) mass is 290 g/mol. The molecule has 1 atom stereocenters. The standard InChI is InChI=1S/C13H20F2N2O3/c14-13(15)4-7-16(8-5-13)9-11(18)17-6-2-1-3-10(17)12(19)20/h10H,1-9H2,(H,19,20)/t10-/m0/s1. The van der Waals surface area contributed by atoms with E-state index in [-0.39, 0.29) is 38.4 Å². The number of carbonyl (C=O) groups is 2. The molecule has 0 aromatic heterocycles. The van der Waals surface area contributed by atoms with Gasteiger partial charge in [0, 0.05) is 32.5 Å². The van der Waals surface area contributed by atoms with Gasteiger partial charge in [-0.05, 0) is 19.3 Å². The maximum Gasteiger partial charge on any atom is 0.326 e. The summed E-state index contributed by atoms with van der Waals surface area (Å²) >= 11 is 0. The summed E-state index contributed by atoms with van der Waals surface area (Å²) in [6.07, 6.45) is 1.61. The fourth-order valence-corrected chi connectivity index (χ4v) is 2.81. The van der Waals surface area contributed by atoms with Gasteiger partial charge in [-0.3, -0.25) is 9.69 Å². The van der Waals surface area contributed by atoms with Crippen LogP contribution in [0.5, 0.6) is 0 Å². The molecule has 0 aromatic carbocycles. The SMILES string of the molecule is O=C(O)[C@@H]1CCCCN1C(=O)CN1CCC(F)(F)CC1. The van der Waals surface area contributed by atoms with Crippen LogP contribution in [0.2, 0.25) is 0 Å². The number of amides is 1. The average molecular weight is 290 g/mol. The van der Waals surface area contributed by atoms with Crippen LogP contribution in [0.3, 0.4) is 0 Å². The van der Waals surface area contributed by atoms with Crippen LogP contribution < -0.4 is 0 Å². The van der Waals surface area contributed by atoms with Crippen molar-refractivity contribution < 1.29 is 23.5 Å². The lowest BCUT2D eigenvalue weighted by Crippen LogP contribution is -2.52. The number of carboxylic acids is 1. The number of likely N-dealkylation sites (tertiary alicyclic amines) is 2. The summed E-state index contributed by atoms with van der Waals surface area (Å²) in [5, 5.41) is 9.13. The highest BCUT2D eigenvalue weighted by Crippen LogP contribution is 2.27. The van der Waals surface area contributed by atoms with Crippen molar-refractivity contribution in [3.63, 3.8) is 0 Å². The summed E-state index contributed by atoms with van der Waals surface area (Å²) in [4.78, 5) is 26.4. The van der Waals surface area contributed by atoms with E-state index in [4.69, 9.17) is 5.11 Å². The molecule has 2 aliphatic rings. The number of hydrogen-bond donors (Lipinski definition) is 1. The third-order valence-corrected chi connectivity index (χ3v) is 4.05. The van der Waals surface area contributed by atoms with Crippen LogP contribution in [-0.2, 0) is 9.59 Å². The van der Waals surface area contributed by atoms with Gasteiger partial charge in [-0.25, -0.2) is 13.6 Å². The Balaban J connectivity index is 1.89. The van der Waals surface area contributed by atoms with Crippen LogP contribution in [-0.4, -0.2) is 64.9 Å². The molecule has 0 radical (unpaired) electrons. The second-order valence-electron chi connectivity index (χ2n) is 5.57. The van der Waals surface area contributed by atoms with Crippen LogP contribution >= 0.6 is 0 Å². The van der Waals surface area contributed by atoms with Crippen molar-refractivity contribution in [3.8, 4) is 0 Å². The van der Waals surface area contributed by atoms with E-state index in [1.165, 1.54) is 4.90 Å². The van der Waals surface area contributed by atoms with Gasteiger partial charge < -0.3 is 10.0 Å². The second kappa shape index (κ2) is 6.03. The first-order chi connectivity index (χ1) is 9.39. The van der Waals surface area contributed by atoms with Crippen molar-refractivity contribution in [1.82, 2.24) is 9.80 Å². The minimum absolute atomic E-state index is 0.0415. The summed E-state index contributed by atoms with van der Waals surface area (Å²) in [5.41, 5.74) is 0. The molecule has 2 saturated heterocycles. The number of nitrogens with zero attached hydrogens (tertiary/aromatic N) is 2. The van der Waals surface area contributed by atoms with E-state index < -0.39 is 17.9 Å². The fourth-order valence-electron chi connectivity index (χ4n) is 2.81. The molecule has 20 heavy (non-hydrogen) atoms. The number of carboxylic acid groups (broad SMARTS) is 1. The minimum atomic E-state index is -2.63. The van der Waals surface area contributed by atoms with Gasteiger partial charge in [-0.15, -0.1) is 0 Å². The van der Waals surface area contributed by atoms with Gasteiger partial charge in [0.2, 0.25) is 5.91 Å². The maximum atomic E-state index is 13.0. The Kier molecular flexibility index (Phi) is 4.57. The summed E-state index contributed by atoms with van der Waals surface area (Å²) in [6.45, 7) is 0.855. The lowest BCUT2D eigenvalue weighted by molar-refractivity contribution is -0.153. The first-order valence-electron chi connectivity index (χ1n) is 7.01. The molecular formula is C13H20F2N2O3. The molecule has 2 fully saturated rings. The smallest absolute Gasteiger partial charge is 0.326 e. The first kappa shape index (κ1) is 15.2. The van der Waals surface area contributed by atoms with Gasteiger partial charge in [-0.2, -0.15) is 0 Å². The third kappa shape index (κ3) is 3.65. The number of piperidine rings is 2. The zero-order valence-electron chi connectivity index (χ0n) is 11.4. The molecule has 0 spiro atoms. The lowest BCUT2D eigenvalue weighted by atomic mass is 10.0. The highest BCUT2D eigenvalue weighted by molar-refractivity contribution is 5.85. The Bertz CT molecular complexity index is 380. The quantitative estimate of drug-likeness (QED) is 0.848. The number of alkyl halides is 2. The van der Waals surface area contributed by atoms with Gasteiger partial charge in [0.15, 0.2) is 0 Å². The first-order valence-corrected chi connectivity index (χ1v) is 7.01. The summed E-state index contributed by atoms with van der Waals surface area (Å²) in [6, 6.07) is -0.762. The predicted octanol–water partition coefficient (Wildman–Crippen LogP) is 1.18. The van der Waals surface area contributed by atoms with E-state index in [9.17, 15) is 18.4 Å². The predicted molar refractivity (Wildman–Crippen MR) is 67.6 cm³/mol. The topological polar surface area (TPSA) is 60.9 Å². The van der Waals surface area contributed by atoms with Crippen molar-refractivity contribution >= 4 is 11.9 Å². The molecule has 0 aromatic rings. The fraction of sp³-hybridized carbons (Fsp3) is 0.846. The van der Waals surface area contributed by atoms with Gasteiger partial charge >= 0.3 is 5.97 Å². The van der Waals surface area contributed by atoms with Crippen molar-refractivity contribution in [2.24, 2.45) is 0 Å². The second-order valence-corrected chi connectivity index (χ2v) is 5.57. The van der Waals surface area contributed by atoms with Crippen molar-refractivity contribution in [3.05, 3.63) is 0 Å². The Morgan fingerprint density at radius 2 is 1.80 bits per heavy atom. The van der Waals surface area contributed by atoms with E-state index in [0.717, 1.165) is 12.8 Å². The average Bonchev–Trinajstić information content (AvgIpc) is 2.41. The number of halogens is 2. The van der Waals surface area contributed by atoms with Crippen molar-refractivity contribution in [2.45, 2.75) is 44.1 Å². The van der Waals surface area contributed by atoms with Crippen molar-refractivity contribution in [2.75, 3.05) is 26.2 Å². The van der Waals surface area contributed by atoms with E-state index in [1.54, 1.807) is 4.90 Å². The highest BCUT2D eigenvalue weighted by atomic mass is 19.3. The van der Waals surface area contributed by atoms with Crippen LogP contribution in [0.1, 0.15) is 32.1 Å². The molecule has 2 aliphatic heterocycles. The van der Waals surface area contributed by atoms with Crippen LogP contribution in [0.15, 0.2) is 0 Å². The number of rotatable bonds is 3. The van der Waals surface area contributed by atoms with Crippen LogP contribution in [0.25, 0.3) is 0 Å². The molecular weight excluding hydrogens is 270 g/mol. The Hall–Kier alpha value is -1.24. The van der Waals surface area contributed by atoms with Crippen molar-refractivity contribution in [1.29, 1.82) is 0 Å². The molecule has 0 bridgehead atoms. The molecule has 0 unspecified atom stereocenters. The summed E-state index contributed by atoms with van der Waals surface area (Å²) in [7, 11) is 0. The van der Waals surface area contributed by atoms with E-state index in [1.807, 2.05) is 0 Å². The molecule has 2 rings (SSSR count). The molecule has 0 aliphatic carbocycles. The van der Waals surface area contributed by atoms with Crippen LogP contribution in [0, 0.1) is 0 Å². The van der Waals surface area contributed by atoms with Gasteiger partial charge in [-0.1, -0.05) is 0 Å². The molecule has 5 nitrogen and oxygen atoms in total. The molecule has 0 saturated carbocycles. The third-order valence-electron chi connectivity index (χ3n) is 4.05. The van der Waals surface area contributed by atoms with Gasteiger partial charge in [0.05, 0.1) is 6.54 Å². The maximum absolute atomic E-state index is 13.0. The molecule has 7 heteroatoms.